The van der Waals surface area contributed by atoms with Crippen molar-refractivity contribution in [2.24, 2.45) is 0 Å². The van der Waals surface area contributed by atoms with Crippen LogP contribution in [-0.2, 0) is 17.8 Å². The number of aromatic nitrogens is 3. The van der Waals surface area contributed by atoms with Crippen LogP contribution in [0.4, 0.5) is 0 Å². The molecule has 0 aliphatic heterocycles. The Balaban J connectivity index is 1.53. The fourth-order valence-corrected chi connectivity index (χ4v) is 3.11. The van der Waals surface area contributed by atoms with E-state index in [0.717, 1.165) is 11.3 Å². The maximum absolute atomic E-state index is 12.1. The van der Waals surface area contributed by atoms with E-state index in [-0.39, 0.29) is 18.1 Å². The van der Waals surface area contributed by atoms with Gasteiger partial charge in [-0.3, -0.25) is 9.48 Å². The normalized spacial score (nSPS) is 10.6. The molecular weight excluding hydrogens is 340 g/mol. The highest BCUT2D eigenvalue weighted by Gasteiger charge is 2.11. The molecule has 1 aromatic carbocycles. The topological polar surface area (TPSA) is 97.1 Å². The minimum Gasteiger partial charge on any atom is -0.476 e. The number of aromatic carboxylic acids is 1. The molecule has 8 heteroatoms. The molecule has 0 aliphatic carbocycles. The Kier molecular flexibility index (Phi) is 5.20. The maximum Gasteiger partial charge on any atom is 0.355 e. The number of nitrogens with one attached hydrogen (secondary N) is 1. The van der Waals surface area contributed by atoms with Crippen LogP contribution < -0.4 is 5.32 Å². The fraction of sp³-hybridized carbons (Fsp3) is 0.176. The van der Waals surface area contributed by atoms with Crippen molar-refractivity contribution < 1.29 is 14.7 Å². The summed E-state index contributed by atoms with van der Waals surface area (Å²) in [5.41, 5.74) is 1.91. The van der Waals surface area contributed by atoms with Crippen LogP contribution >= 0.6 is 11.3 Å². The van der Waals surface area contributed by atoms with E-state index in [1.807, 2.05) is 36.4 Å². The van der Waals surface area contributed by atoms with E-state index in [9.17, 15) is 9.59 Å². The van der Waals surface area contributed by atoms with E-state index in [1.54, 1.807) is 10.9 Å². The minimum atomic E-state index is -1.04. The Morgan fingerprint density at radius 1 is 1.20 bits per heavy atom. The minimum absolute atomic E-state index is 0.0374. The van der Waals surface area contributed by atoms with Gasteiger partial charge in [0.1, 0.15) is 6.54 Å². The van der Waals surface area contributed by atoms with Crippen LogP contribution in [0.1, 0.15) is 15.5 Å². The number of hydrogen-bond acceptors (Lipinski definition) is 5. The van der Waals surface area contributed by atoms with E-state index in [0.29, 0.717) is 18.0 Å². The zero-order valence-corrected chi connectivity index (χ0v) is 14.1. The molecule has 0 aliphatic rings. The summed E-state index contributed by atoms with van der Waals surface area (Å²) in [6, 6.07) is 11.6. The van der Waals surface area contributed by atoms with Gasteiger partial charge in [0.2, 0.25) is 5.91 Å². The van der Waals surface area contributed by atoms with Crippen LogP contribution in [-0.4, -0.2) is 38.3 Å². The number of hydrogen-bond donors (Lipinski definition) is 2. The molecule has 2 N–H and O–H groups in total. The third-order valence-electron chi connectivity index (χ3n) is 3.51. The molecule has 2 heterocycles. The molecule has 1 amide bonds. The van der Waals surface area contributed by atoms with Crippen molar-refractivity contribution in [3.05, 3.63) is 58.7 Å². The second-order valence-electron chi connectivity index (χ2n) is 5.27. The predicted octanol–water partition coefficient (Wildman–Crippen LogP) is 2.06. The van der Waals surface area contributed by atoms with Gasteiger partial charge < -0.3 is 10.4 Å². The van der Waals surface area contributed by atoms with Crippen LogP contribution in [0.25, 0.3) is 11.3 Å². The molecule has 3 aromatic rings. The van der Waals surface area contributed by atoms with Crippen molar-refractivity contribution in [2.75, 3.05) is 6.54 Å². The van der Waals surface area contributed by atoms with Crippen molar-refractivity contribution in [1.29, 1.82) is 0 Å². The molecule has 2 aromatic heterocycles. The predicted molar refractivity (Wildman–Crippen MR) is 93.5 cm³/mol. The molecule has 0 saturated heterocycles. The Bertz CT molecular complexity index is 873. The summed E-state index contributed by atoms with van der Waals surface area (Å²) in [6.07, 6.45) is 2.16. The standard InChI is InChI=1S/C17H16N4O3S/c22-15(18-8-7-16-20-13(11-25-16)17(23)24)10-21-14(6-9-19-21)12-4-2-1-3-5-12/h1-6,9,11H,7-8,10H2,(H,18,22)(H,23,24). The zero-order chi connectivity index (χ0) is 17.6. The monoisotopic (exact) mass is 356 g/mol. The Morgan fingerprint density at radius 3 is 2.72 bits per heavy atom. The first kappa shape index (κ1) is 16.8. The largest absolute Gasteiger partial charge is 0.476 e. The average Bonchev–Trinajstić information content (AvgIpc) is 3.25. The second-order valence-corrected chi connectivity index (χ2v) is 6.21. The molecule has 0 fully saturated rings. The smallest absolute Gasteiger partial charge is 0.355 e. The summed E-state index contributed by atoms with van der Waals surface area (Å²) in [6.45, 7) is 0.517. The first-order chi connectivity index (χ1) is 12.1. The molecule has 25 heavy (non-hydrogen) atoms. The van der Waals surface area contributed by atoms with Crippen LogP contribution in [0.3, 0.4) is 0 Å². The maximum atomic E-state index is 12.1. The molecule has 0 radical (unpaired) electrons. The van der Waals surface area contributed by atoms with Crippen molar-refractivity contribution in [2.45, 2.75) is 13.0 Å². The number of carboxylic acid groups (broad SMARTS) is 1. The number of nitrogens with zero attached hydrogens (tertiary/aromatic N) is 3. The first-order valence-electron chi connectivity index (χ1n) is 7.65. The summed E-state index contributed by atoms with van der Waals surface area (Å²) < 4.78 is 1.65. The van der Waals surface area contributed by atoms with Crippen molar-refractivity contribution >= 4 is 23.2 Å². The van der Waals surface area contributed by atoms with Gasteiger partial charge in [0.25, 0.3) is 0 Å². The first-order valence-corrected chi connectivity index (χ1v) is 8.53. The van der Waals surface area contributed by atoms with Gasteiger partial charge in [-0.05, 0) is 11.6 Å². The molecule has 7 nitrogen and oxygen atoms in total. The number of carbonyl (C=O) groups is 2. The van der Waals surface area contributed by atoms with E-state index >= 15 is 0 Å². The highest BCUT2D eigenvalue weighted by molar-refractivity contribution is 7.09. The number of benzene rings is 1. The molecule has 0 saturated carbocycles. The molecule has 0 unspecified atom stereocenters. The lowest BCUT2D eigenvalue weighted by Gasteiger charge is -2.08. The summed E-state index contributed by atoms with van der Waals surface area (Å²) >= 11 is 1.27. The summed E-state index contributed by atoms with van der Waals surface area (Å²) in [5, 5.41) is 18.0. The summed E-state index contributed by atoms with van der Waals surface area (Å²) in [5.74, 6) is -1.20. The Morgan fingerprint density at radius 2 is 2.00 bits per heavy atom. The van der Waals surface area contributed by atoms with Crippen LogP contribution in [0.2, 0.25) is 0 Å². The van der Waals surface area contributed by atoms with Gasteiger partial charge in [-0.15, -0.1) is 11.3 Å². The van der Waals surface area contributed by atoms with Gasteiger partial charge in [-0.25, -0.2) is 9.78 Å². The summed E-state index contributed by atoms with van der Waals surface area (Å²) in [7, 11) is 0. The van der Waals surface area contributed by atoms with Gasteiger partial charge in [0.05, 0.1) is 10.7 Å². The molecule has 0 bridgehead atoms. The highest BCUT2D eigenvalue weighted by atomic mass is 32.1. The van der Waals surface area contributed by atoms with Crippen molar-refractivity contribution in [1.82, 2.24) is 20.1 Å². The van der Waals surface area contributed by atoms with Gasteiger partial charge in [-0.1, -0.05) is 30.3 Å². The van der Waals surface area contributed by atoms with Gasteiger partial charge in [0.15, 0.2) is 5.69 Å². The number of carboxylic acids is 1. The Hall–Kier alpha value is -3.00. The number of rotatable bonds is 7. The van der Waals surface area contributed by atoms with Crippen molar-refractivity contribution in [3.8, 4) is 11.3 Å². The lowest BCUT2D eigenvalue weighted by atomic mass is 10.1. The number of amides is 1. The summed E-state index contributed by atoms with van der Waals surface area (Å²) in [4.78, 5) is 26.9. The SMILES string of the molecule is O=C(Cn1nccc1-c1ccccc1)NCCc1nc(C(=O)O)cs1. The van der Waals surface area contributed by atoms with E-state index in [1.165, 1.54) is 16.7 Å². The zero-order valence-electron chi connectivity index (χ0n) is 13.3. The highest BCUT2D eigenvalue weighted by Crippen LogP contribution is 2.17. The van der Waals surface area contributed by atoms with Crippen molar-refractivity contribution in [3.63, 3.8) is 0 Å². The number of carbonyl (C=O) groups excluding carboxylic acids is 1. The van der Waals surface area contributed by atoms with Crippen LogP contribution in [0, 0.1) is 0 Å². The van der Waals surface area contributed by atoms with E-state index < -0.39 is 5.97 Å². The quantitative estimate of drug-likeness (QED) is 0.675. The van der Waals surface area contributed by atoms with Gasteiger partial charge in [0, 0.05) is 24.5 Å². The Labute approximate surface area is 148 Å². The third kappa shape index (κ3) is 4.30. The lowest BCUT2D eigenvalue weighted by Crippen LogP contribution is -2.30. The fourth-order valence-electron chi connectivity index (χ4n) is 2.34. The average molecular weight is 356 g/mol. The van der Waals surface area contributed by atoms with Gasteiger partial charge >= 0.3 is 5.97 Å². The third-order valence-corrected chi connectivity index (χ3v) is 4.42. The number of thiazole rings is 1. The van der Waals surface area contributed by atoms with Crippen LogP contribution in [0.5, 0.6) is 0 Å². The molecule has 3 rings (SSSR count). The van der Waals surface area contributed by atoms with Gasteiger partial charge in [-0.2, -0.15) is 5.10 Å². The second kappa shape index (κ2) is 7.71. The molecular formula is C17H16N4O3S. The van der Waals surface area contributed by atoms with E-state index in [4.69, 9.17) is 5.11 Å². The molecule has 128 valence electrons. The lowest BCUT2D eigenvalue weighted by molar-refractivity contribution is -0.121. The molecule has 0 spiro atoms. The van der Waals surface area contributed by atoms with Crippen LogP contribution in [0.15, 0.2) is 48.0 Å². The van der Waals surface area contributed by atoms with E-state index in [2.05, 4.69) is 15.4 Å². The molecule has 0 atom stereocenters.